The zero-order chi connectivity index (χ0) is 8.55. The summed E-state index contributed by atoms with van der Waals surface area (Å²) in [6.07, 6.45) is 3.69. The number of nitrogens with zero attached hydrogens (tertiary/aromatic N) is 2. The maximum absolute atomic E-state index is 5.63. The molecule has 3 nitrogen and oxygen atoms in total. The number of aromatic nitrogens is 2. The number of imidazole rings is 1. The van der Waals surface area contributed by atoms with E-state index in [4.69, 9.17) is 17.3 Å². The summed E-state index contributed by atoms with van der Waals surface area (Å²) in [5, 5.41) is 0. The van der Waals surface area contributed by atoms with E-state index in [-0.39, 0.29) is 12.4 Å². The smallest absolute Gasteiger partial charge is 0.137 e. The summed E-state index contributed by atoms with van der Waals surface area (Å²) in [7, 11) is 0. The molecule has 5 heteroatoms. The molecule has 0 amide bonds. The minimum absolute atomic E-state index is 0. The van der Waals surface area contributed by atoms with Gasteiger partial charge in [-0.2, -0.15) is 0 Å². The normalized spacial score (nSPS) is 9.92. The van der Waals surface area contributed by atoms with Gasteiger partial charge in [0.2, 0.25) is 0 Å². The standard InChI is InChI=1S/C8H8ClN3.ClH/c9-3-7-5-12-4-6(10)1-2-8(12)11-7;/h1-2,4-5H,3,10H2;1H. The molecule has 0 atom stereocenters. The number of hydrogen-bond donors (Lipinski definition) is 1. The summed E-state index contributed by atoms with van der Waals surface area (Å²) < 4.78 is 1.87. The van der Waals surface area contributed by atoms with E-state index >= 15 is 0 Å². The molecule has 0 fully saturated rings. The first-order valence-electron chi connectivity index (χ1n) is 3.58. The second-order valence-electron chi connectivity index (χ2n) is 2.59. The first-order chi connectivity index (χ1) is 5.79. The van der Waals surface area contributed by atoms with E-state index in [1.54, 1.807) is 0 Å². The molecule has 2 heterocycles. The average molecular weight is 218 g/mol. The molecular weight excluding hydrogens is 209 g/mol. The van der Waals surface area contributed by atoms with Crippen molar-refractivity contribution in [2.45, 2.75) is 5.88 Å². The Hall–Kier alpha value is -0.930. The van der Waals surface area contributed by atoms with E-state index in [1.165, 1.54) is 0 Å². The highest BCUT2D eigenvalue weighted by Crippen LogP contribution is 2.09. The van der Waals surface area contributed by atoms with Crippen LogP contribution < -0.4 is 5.73 Å². The molecule has 2 aromatic heterocycles. The molecule has 70 valence electrons. The van der Waals surface area contributed by atoms with Crippen molar-refractivity contribution < 1.29 is 0 Å². The van der Waals surface area contributed by atoms with Gasteiger partial charge in [0, 0.05) is 18.1 Å². The van der Waals surface area contributed by atoms with Crippen LogP contribution in [0.25, 0.3) is 5.65 Å². The van der Waals surface area contributed by atoms with Crippen LogP contribution in [-0.4, -0.2) is 9.38 Å². The van der Waals surface area contributed by atoms with Gasteiger partial charge in [0.1, 0.15) is 5.65 Å². The summed E-state index contributed by atoms with van der Waals surface area (Å²) in [5.74, 6) is 0.432. The van der Waals surface area contributed by atoms with Crippen LogP contribution in [0.3, 0.4) is 0 Å². The van der Waals surface area contributed by atoms with Crippen molar-refractivity contribution in [3.63, 3.8) is 0 Å². The van der Waals surface area contributed by atoms with Gasteiger partial charge >= 0.3 is 0 Å². The molecule has 0 saturated carbocycles. The number of nitrogen functional groups attached to an aromatic ring is 1. The zero-order valence-corrected chi connectivity index (χ0v) is 8.35. The predicted octanol–water partition coefficient (Wildman–Crippen LogP) is 2.08. The number of pyridine rings is 1. The number of nitrogens with two attached hydrogens (primary N) is 1. The Bertz CT molecular complexity index is 411. The number of rotatable bonds is 1. The summed E-state index contributed by atoms with van der Waals surface area (Å²) in [6, 6.07) is 3.69. The molecular formula is C8H9Cl2N3. The van der Waals surface area contributed by atoms with Gasteiger partial charge in [-0.25, -0.2) is 4.98 Å². The van der Waals surface area contributed by atoms with Crippen LogP contribution in [-0.2, 0) is 5.88 Å². The Labute approximate surface area is 86.9 Å². The lowest BCUT2D eigenvalue weighted by molar-refractivity contribution is 1.19. The van der Waals surface area contributed by atoms with Crippen molar-refractivity contribution in [2.75, 3.05) is 5.73 Å². The van der Waals surface area contributed by atoms with Crippen molar-refractivity contribution in [1.82, 2.24) is 9.38 Å². The molecule has 0 aromatic carbocycles. The fourth-order valence-electron chi connectivity index (χ4n) is 1.13. The zero-order valence-electron chi connectivity index (χ0n) is 6.77. The Morgan fingerprint density at radius 1 is 1.38 bits per heavy atom. The molecule has 0 spiro atoms. The van der Waals surface area contributed by atoms with Gasteiger partial charge in [0.15, 0.2) is 0 Å². The third kappa shape index (κ3) is 1.87. The lowest BCUT2D eigenvalue weighted by Gasteiger charge is -1.93. The molecule has 0 aliphatic carbocycles. The van der Waals surface area contributed by atoms with E-state index in [9.17, 15) is 0 Å². The molecule has 2 N–H and O–H groups in total. The van der Waals surface area contributed by atoms with E-state index < -0.39 is 0 Å². The molecule has 0 saturated heterocycles. The van der Waals surface area contributed by atoms with Crippen LogP contribution in [0.2, 0.25) is 0 Å². The van der Waals surface area contributed by atoms with Gasteiger partial charge in [-0.15, -0.1) is 24.0 Å². The topological polar surface area (TPSA) is 43.3 Å². The summed E-state index contributed by atoms with van der Waals surface area (Å²) in [5.41, 5.74) is 8.05. The fourth-order valence-corrected chi connectivity index (χ4v) is 1.25. The maximum atomic E-state index is 5.63. The van der Waals surface area contributed by atoms with Gasteiger partial charge in [-0.3, -0.25) is 0 Å². The van der Waals surface area contributed by atoms with Crippen LogP contribution in [0.4, 0.5) is 5.69 Å². The van der Waals surface area contributed by atoms with Gasteiger partial charge in [-0.05, 0) is 12.1 Å². The average Bonchev–Trinajstić information content (AvgIpc) is 2.46. The lowest BCUT2D eigenvalue weighted by atomic mass is 10.4. The number of hydrogen-bond acceptors (Lipinski definition) is 2. The highest BCUT2D eigenvalue weighted by molar-refractivity contribution is 6.16. The van der Waals surface area contributed by atoms with Gasteiger partial charge in [0.25, 0.3) is 0 Å². The Morgan fingerprint density at radius 2 is 2.15 bits per heavy atom. The molecule has 0 bridgehead atoms. The fraction of sp³-hybridized carbons (Fsp3) is 0.125. The van der Waals surface area contributed by atoms with E-state index in [1.807, 2.05) is 28.9 Å². The number of halogens is 2. The minimum Gasteiger partial charge on any atom is -0.398 e. The number of alkyl halides is 1. The SMILES string of the molecule is Cl.Nc1ccc2nc(CCl)cn2c1. The van der Waals surface area contributed by atoms with E-state index in [0.29, 0.717) is 5.88 Å². The van der Waals surface area contributed by atoms with Gasteiger partial charge < -0.3 is 10.1 Å². The minimum atomic E-state index is 0. The van der Waals surface area contributed by atoms with E-state index in [0.717, 1.165) is 17.0 Å². The second kappa shape index (κ2) is 3.85. The highest BCUT2D eigenvalue weighted by Gasteiger charge is 1.98. The van der Waals surface area contributed by atoms with Crippen molar-refractivity contribution in [3.05, 3.63) is 30.2 Å². The first-order valence-corrected chi connectivity index (χ1v) is 4.12. The molecule has 0 aliphatic heterocycles. The summed E-state index contributed by atoms with van der Waals surface area (Å²) in [4.78, 5) is 4.25. The Kier molecular flexibility index (Phi) is 3.01. The molecule has 2 rings (SSSR count). The predicted molar refractivity (Wildman–Crippen MR) is 56.4 cm³/mol. The third-order valence-corrected chi connectivity index (χ3v) is 1.93. The molecule has 0 unspecified atom stereocenters. The number of fused-ring (bicyclic) bond motifs is 1. The van der Waals surface area contributed by atoms with Crippen LogP contribution in [0.15, 0.2) is 24.5 Å². The lowest BCUT2D eigenvalue weighted by Crippen LogP contribution is -1.88. The van der Waals surface area contributed by atoms with Crippen molar-refractivity contribution in [3.8, 4) is 0 Å². The van der Waals surface area contributed by atoms with Gasteiger partial charge in [0.05, 0.1) is 11.6 Å². The maximum Gasteiger partial charge on any atom is 0.137 e. The Morgan fingerprint density at radius 3 is 2.85 bits per heavy atom. The van der Waals surface area contributed by atoms with Crippen molar-refractivity contribution >= 4 is 35.3 Å². The summed E-state index contributed by atoms with van der Waals surface area (Å²) >= 11 is 5.63. The second-order valence-corrected chi connectivity index (χ2v) is 2.86. The van der Waals surface area contributed by atoms with Gasteiger partial charge in [-0.1, -0.05) is 0 Å². The van der Waals surface area contributed by atoms with Crippen LogP contribution in [0.5, 0.6) is 0 Å². The monoisotopic (exact) mass is 217 g/mol. The first kappa shape index (κ1) is 10.2. The number of anilines is 1. The highest BCUT2D eigenvalue weighted by atomic mass is 35.5. The molecule has 0 radical (unpaired) electrons. The molecule has 0 aliphatic rings. The van der Waals surface area contributed by atoms with Crippen LogP contribution >= 0.6 is 24.0 Å². The van der Waals surface area contributed by atoms with Crippen molar-refractivity contribution in [2.24, 2.45) is 0 Å². The quantitative estimate of drug-likeness (QED) is 0.744. The largest absolute Gasteiger partial charge is 0.398 e. The van der Waals surface area contributed by atoms with Crippen LogP contribution in [0, 0.1) is 0 Å². The molecule has 2 aromatic rings. The van der Waals surface area contributed by atoms with E-state index in [2.05, 4.69) is 4.98 Å². The third-order valence-electron chi connectivity index (χ3n) is 1.66. The summed E-state index contributed by atoms with van der Waals surface area (Å²) in [6.45, 7) is 0. The van der Waals surface area contributed by atoms with Crippen molar-refractivity contribution in [1.29, 1.82) is 0 Å². The molecule has 13 heavy (non-hydrogen) atoms. The van der Waals surface area contributed by atoms with Crippen LogP contribution in [0.1, 0.15) is 5.69 Å². The Balaban J connectivity index is 0.000000845.